The van der Waals surface area contributed by atoms with E-state index in [1.165, 1.54) is 44.2 Å². The predicted octanol–water partition coefficient (Wildman–Crippen LogP) is 3.05. The zero-order valence-electron chi connectivity index (χ0n) is 11.9. The Labute approximate surface area is 111 Å². The minimum Gasteiger partial charge on any atom is -0.327 e. The molecule has 0 saturated heterocycles. The third-order valence-corrected chi connectivity index (χ3v) is 4.12. The molecule has 1 aromatic rings. The standard InChI is InChI=1S/C15H27N3/c1-3-18-15(9-12(2)17-18)11-14(16)10-13-7-5-4-6-8-13/h9,13-14H,3-8,10-11,16H2,1-2H3. The average Bonchev–Trinajstić information content (AvgIpc) is 2.70. The Bertz CT molecular complexity index is 364. The molecule has 0 radical (unpaired) electrons. The van der Waals surface area contributed by atoms with Crippen molar-refractivity contribution in [1.82, 2.24) is 9.78 Å². The third-order valence-electron chi connectivity index (χ3n) is 4.12. The normalized spacial score (nSPS) is 19.1. The molecule has 3 heteroatoms. The van der Waals surface area contributed by atoms with Gasteiger partial charge in [0, 0.05) is 24.7 Å². The van der Waals surface area contributed by atoms with Crippen LogP contribution < -0.4 is 5.73 Å². The van der Waals surface area contributed by atoms with E-state index in [4.69, 9.17) is 5.73 Å². The fraction of sp³-hybridized carbons (Fsp3) is 0.800. The number of aryl methyl sites for hydroxylation is 2. The molecular formula is C15H27N3. The molecule has 1 aromatic heterocycles. The van der Waals surface area contributed by atoms with Gasteiger partial charge < -0.3 is 5.73 Å². The zero-order chi connectivity index (χ0) is 13.0. The lowest BCUT2D eigenvalue weighted by molar-refractivity contribution is 0.315. The van der Waals surface area contributed by atoms with Crippen LogP contribution in [0.2, 0.25) is 0 Å². The van der Waals surface area contributed by atoms with E-state index in [1.54, 1.807) is 0 Å². The van der Waals surface area contributed by atoms with Gasteiger partial charge in [0.15, 0.2) is 0 Å². The predicted molar refractivity (Wildman–Crippen MR) is 75.5 cm³/mol. The van der Waals surface area contributed by atoms with Crippen LogP contribution in [-0.2, 0) is 13.0 Å². The lowest BCUT2D eigenvalue weighted by Gasteiger charge is -2.24. The Morgan fingerprint density at radius 2 is 2.11 bits per heavy atom. The number of hydrogen-bond donors (Lipinski definition) is 1. The molecule has 1 saturated carbocycles. The Morgan fingerprint density at radius 1 is 1.39 bits per heavy atom. The first-order chi connectivity index (χ1) is 8.69. The molecule has 18 heavy (non-hydrogen) atoms. The molecule has 0 aliphatic heterocycles. The molecule has 0 spiro atoms. The van der Waals surface area contributed by atoms with Gasteiger partial charge in [-0.25, -0.2) is 0 Å². The zero-order valence-corrected chi connectivity index (χ0v) is 11.9. The van der Waals surface area contributed by atoms with Gasteiger partial charge in [0.2, 0.25) is 0 Å². The van der Waals surface area contributed by atoms with Gasteiger partial charge in [-0.1, -0.05) is 32.1 Å². The molecule has 1 aliphatic carbocycles. The van der Waals surface area contributed by atoms with Crippen molar-refractivity contribution in [3.05, 3.63) is 17.5 Å². The van der Waals surface area contributed by atoms with Crippen LogP contribution in [0.25, 0.3) is 0 Å². The fourth-order valence-corrected chi connectivity index (χ4v) is 3.24. The number of hydrogen-bond acceptors (Lipinski definition) is 2. The molecule has 2 N–H and O–H groups in total. The number of nitrogens with two attached hydrogens (primary N) is 1. The molecule has 1 aliphatic rings. The molecular weight excluding hydrogens is 222 g/mol. The maximum absolute atomic E-state index is 6.33. The van der Waals surface area contributed by atoms with Gasteiger partial charge in [0.1, 0.15) is 0 Å². The number of rotatable bonds is 5. The summed E-state index contributed by atoms with van der Waals surface area (Å²) in [6.45, 7) is 5.14. The largest absolute Gasteiger partial charge is 0.327 e. The molecule has 0 amide bonds. The van der Waals surface area contributed by atoms with E-state index in [1.807, 2.05) is 0 Å². The van der Waals surface area contributed by atoms with Crippen LogP contribution in [0.1, 0.15) is 56.8 Å². The summed E-state index contributed by atoms with van der Waals surface area (Å²) in [5.41, 5.74) is 8.74. The molecule has 0 bridgehead atoms. The number of aromatic nitrogens is 2. The summed E-state index contributed by atoms with van der Waals surface area (Å²) in [6, 6.07) is 2.49. The second-order valence-electron chi connectivity index (χ2n) is 5.80. The Kier molecular flexibility index (Phi) is 4.81. The molecule has 102 valence electrons. The molecule has 1 fully saturated rings. The van der Waals surface area contributed by atoms with Crippen molar-refractivity contribution in [3.8, 4) is 0 Å². The van der Waals surface area contributed by atoms with Gasteiger partial charge in [0.05, 0.1) is 5.69 Å². The van der Waals surface area contributed by atoms with Gasteiger partial charge in [-0.05, 0) is 32.3 Å². The van der Waals surface area contributed by atoms with Crippen molar-refractivity contribution < 1.29 is 0 Å². The summed E-state index contributed by atoms with van der Waals surface area (Å²) in [5, 5.41) is 4.49. The first-order valence-electron chi connectivity index (χ1n) is 7.48. The Balaban J connectivity index is 1.87. The van der Waals surface area contributed by atoms with Gasteiger partial charge >= 0.3 is 0 Å². The SMILES string of the molecule is CCn1nc(C)cc1CC(N)CC1CCCCC1. The first-order valence-corrected chi connectivity index (χ1v) is 7.48. The van der Waals surface area contributed by atoms with Crippen LogP contribution in [0.15, 0.2) is 6.07 Å². The minimum atomic E-state index is 0.300. The van der Waals surface area contributed by atoms with Crippen molar-refractivity contribution in [2.45, 2.75) is 71.4 Å². The smallest absolute Gasteiger partial charge is 0.0596 e. The molecule has 1 heterocycles. The second-order valence-corrected chi connectivity index (χ2v) is 5.80. The Morgan fingerprint density at radius 3 is 2.78 bits per heavy atom. The van der Waals surface area contributed by atoms with Crippen molar-refractivity contribution in [2.75, 3.05) is 0 Å². The lowest BCUT2D eigenvalue weighted by Crippen LogP contribution is -2.28. The van der Waals surface area contributed by atoms with Crippen molar-refractivity contribution in [3.63, 3.8) is 0 Å². The summed E-state index contributed by atoms with van der Waals surface area (Å²) < 4.78 is 2.09. The van der Waals surface area contributed by atoms with E-state index >= 15 is 0 Å². The highest BCUT2D eigenvalue weighted by atomic mass is 15.3. The van der Waals surface area contributed by atoms with Crippen LogP contribution in [0, 0.1) is 12.8 Å². The quantitative estimate of drug-likeness (QED) is 0.871. The van der Waals surface area contributed by atoms with E-state index in [0.29, 0.717) is 6.04 Å². The van der Waals surface area contributed by atoms with E-state index in [2.05, 4.69) is 29.7 Å². The highest BCUT2D eigenvalue weighted by Crippen LogP contribution is 2.27. The maximum Gasteiger partial charge on any atom is 0.0596 e. The minimum absolute atomic E-state index is 0.300. The summed E-state index contributed by atoms with van der Waals surface area (Å²) in [4.78, 5) is 0. The summed E-state index contributed by atoms with van der Waals surface area (Å²) >= 11 is 0. The van der Waals surface area contributed by atoms with E-state index in [9.17, 15) is 0 Å². The van der Waals surface area contributed by atoms with Crippen LogP contribution in [-0.4, -0.2) is 15.8 Å². The molecule has 1 unspecified atom stereocenters. The van der Waals surface area contributed by atoms with Crippen molar-refractivity contribution in [2.24, 2.45) is 11.7 Å². The van der Waals surface area contributed by atoms with Gasteiger partial charge in [-0.2, -0.15) is 5.10 Å². The second kappa shape index (κ2) is 6.37. The third kappa shape index (κ3) is 3.58. The maximum atomic E-state index is 6.33. The van der Waals surface area contributed by atoms with E-state index < -0.39 is 0 Å². The molecule has 3 nitrogen and oxygen atoms in total. The number of nitrogens with zero attached hydrogens (tertiary/aromatic N) is 2. The monoisotopic (exact) mass is 249 g/mol. The van der Waals surface area contributed by atoms with Crippen LogP contribution >= 0.6 is 0 Å². The van der Waals surface area contributed by atoms with Crippen LogP contribution in [0.4, 0.5) is 0 Å². The van der Waals surface area contributed by atoms with E-state index in [-0.39, 0.29) is 0 Å². The molecule has 1 atom stereocenters. The molecule has 0 aromatic carbocycles. The summed E-state index contributed by atoms with van der Waals surface area (Å²) in [7, 11) is 0. The topological polar surface area (TPSA) is 43.8 Å². The van der Waals surface area contributed by atoms with Gasteiger partial charge in [-0.15, -0.1) is 0 Å². The van der Waals surface area contributed by atoms with E-state index in [0.717, 1.165) is 24.6 Å². The highest BCUT2D eigenvalue weighted by Gasteiger charge is 2.18. The van der Waals surface area contributed by atoms with Crippen molar-refractivity contribution in [1.29, 1.82) is 0 Å². The lowest BCUT2D eigenvalue weighted by atomic mass is 9.84. The van der Waals surface area contributed by atoms with Crippen molar-refractivity contribution >= 4 is 0 Å². The summed E-state index contributed by atoms with van der Waals surface area (Å²) in [6.07, 6.45) is 9.18. The fourth-order valence-electron chi connectivity index (χ4n) is 3.24. The van der Waals surface area contributed by atoms with Gasteiger partial charge in [-0.3, -0.25) is 4.68 Å². The van der Waals surface area contributed by atoms with Crippen LogP contribution in [0.5, 0.6) is 0 Å². The summed E-state index contributed by atoms with van der Waals surface area (Å²) in [5.74, 6) is 0.868. The first kappa shape index (κ1) is 13.6. The van der Waals surface area contributed by atoms with Crippen LogP contribution in [0.3, 0.4) is 0 Å². The van der Waals surface area contributed by atoms with Gasteiger partial charge in [0.25, 0.3) is 0 Å². The average molecular weight is 249 g/mol. The molecule has 2 rings (SSSR count). The Hall–Kier alpha value is -0.830. The highest BCUT2D eigenvalue weighted by molar-refractivity contribution is 5.10.